The minimum absolute atomic E-state index is 0.240. The Morgan fingerprint density at radius 3 is 3.00 bits per heavy atom. The summed E-state index contributed by atoms with van der Waals surface area (Å²) in [5, 5.41) is 2.98. The van der Waals surface area contributed by atoms with Gasteiger partial charge >= 0.3 is 5.97 Å². The Morgan fingerprint density at radius 2 is 2.42 bits per heavy atom. The van der Waals surface area contributed by atoms with Gasteiger partial charge in [0.2, 0.25) is 0 Å². The number of carbonyl (C=O) groups is 1. The normalized spacial score (nSPS) is 16.1. The third-order valence-corrected chi connectivity index (χ3v) is 1.76. The molecule has 0 atom stereocenters. The molecule has 0 amide bonds. The molecule has 1 aliphatic rings. The van der Waals surface area contributed by atoms with Crippen LogP contribution in [0.2, 0.25) is 0 Å². The minimum Gasteiger partial charge on any atom is -0.464 e. The van der Waals surface area contributed by atoms with Crippen LogP contribution >= 0.6 is 0 Å². The largest absolute Gasteiger partial charge is 0.464 e. The molecule has 0 heterocycles. The Morgan fingerprint density at radius 1 is 1.67 bits per heavy atom. The SMILES string of the molecule is CCCCOC(=O)[CH]NC1CC1. The van der Waals surface area contributed by atoms with E-state index in [4.69, 9.17) is 4.74 Å². The van der Waals surface area contributed by atoms with Gasteiger partial charge in [-0.2, -0.15) is 0 Å². The van der Waals surface area contributed by atoms with Gasteiger partial charge in [0.1, 0.15) is 6.54 Å². The molecule has 1 aliphatic carbocycles. The first kappa shape index (κ1) is 9.52. The lowest BCUT2D eigenvalue weighted by Gasteiger charge is -2.03. The topological polar surface area (TPSA) is 38.3 Å². The molecular weight excluding hydrogens is 154 g/mol. The number of rotatable bonds is 6. The van der Waals surface area contributed by atoms with E-state index in [1.165, 1.54) is 19.4 Å². The molecule has 0 bridgehead atoms. The van der Waals surface area contributed by atoms with Crippen LogP contribution in [0.1, 0.15) is 32.6 Å². The quantitative estimate of drug-likeness (QED) is 0.481. The predicted octanol–water partition coefficient (Wildman–Crippen LogP) is 1.24. The van der Waals surface area contributed by atoms with E-state index in [1.807, 2.05) is 0 Å². The molecule has 0 saturated heterocycles. The Bertz CT molecular complexity index is 143. The molecule has 0 aromatic carbocycles. The van der Waals surface area contributed by atoms with Gasteiger partial charge in [-0.1, -0.05) is 13.3 Å². The summed E-state index contributed by atoms with van der Waals surface area (Å²) >= 11 is 0. The van der Waals surface area contributed by atoms with E-state index in [1.54, 1.807) is 0 Å². The maximum Gasteiger partial charge on any atom is 0.325 e. The first-order valence-electron chi connectivity index (χ1n) is 4.59. The summed E-state index contributed by atoms with van der Waals surface area (Å²) in [6.45, 7) is 4.05. The standard InChI is InChI=1S/C9H16NO2/c1-2-3-6-12-9(11)7-10-8-4-5-8/h7-8,10H,2-6H2,1H3. The molecule has 1 fully saturated rings. The Balaban J connectivity index is 1.88. The predicted molar refractivity (Wildman–Crippen MR) is 46.3 cm³/mol. The highest BCUT2D eigenvalue weighted by atomic mass is 16.5. The molecule has 0 unspecified atom stereocenters. The number of unbranched alkanes of at least 4 members (excludes halogenated alkanes) is 1. The van der Waals surface area contributed by atoms with Gasteiger partial charge in [-0.25, -0.2) is 0 Å². The van der Waals surface area contributed by atoms with Gasteiger partial charge in [0, 0.05) is 6.04 Å². The Hall–Kier alpha value is -0.570. The molecule has 1 radical (unpaired) electrons. The smallest absolute Gasteiger partial charge is 0.325 e. The van der Waals surface area contributed by atoms with Crippen molar-refractivity contribution in [3.8, 4) is 0 Å². The molecule has 0 aliphatic heterocycles. The van der Waals surface area contributed by atoms with Gasteiger partial charge in [-0.3, -0.25) is 10.1 Å². The zero-order chi connectivity index (χ0) is 8.81. The van der Waals surface area contributed by atoms with Crippen molar-refractivity contribution in [3.05, 3.63) is 6.54 Å². The van der Waals surface area contributed by atoms with E-state index < -0.39 is 0 Å². The summed E-state index contributed by atoms with van der Waals surface area (Å²) in [6.07, 6.45) is 4.36. The highest BCUT2D eigenvalue weighted by molar-refractivity contribution is 5.78. The maximum absolute atomic E-state index is 10.9. The van der Waals surface area contributed by atoms with Crippen molar-refractivity contribution in [2.24, 2.45) is 0 Å². The van der Waals surface area contributed by atoms with Crippen LogP contribution in [0.15, 0.2) is 0 Å². The molecule has 0 spiro atoms. The molecule has 1 rings (SSSR count). The van der Waals surface area contributed by atoms with Gasteiger partial charge in [0.25, 0.3) is 0 Å². The summed E-state index contributed by atoms with van der Waals surface area (Å²) in [5.74, 6) is -0.240. The minimum atomic E-state index is -0.240. The molecule has 0 aromatic heterocycles. The van der Waals surface area contributed by atoms with Gasteiger partial charge in [0.05, 0.1) is 6.61 Å². The van der Waals surface area contributed by atoms with Crippen LogP contribution in [0.5, 0.6) is 0 Å². The van der Waals surface area contributed by atoms with Crippen LogP contribution in [0, 0.1) is 6.54 Å². The second kappa shape index (κ2) is 5.14. The summed E-state index contributed by atoms with van der Waals surface area (Å²) in [6, 6.07) is 0.531. The van der Waals surface area contributed by atoms with Gasteiger partial charge < -0.3 is 4.74 Å². The number of ether oxygens (including phenoxy) is 1. The highest BCUT2D eigenvalue weighted by Gasteiger charge is 2.21. The first-order valence-corrected chi connectivity index (χ1v) is 4.59. The second-order valence-corrected chi connectivity index (χ2v) is 3.11. The number of nitrogens with one attached hydrogen (secondary N) is 1. The fourth-order valence-electron chi connectivity index (χ4n) is 0.795. The van der Waals surface area contributed by atoms with Crippen molar-refractivity contribution >= 4 is 5.97 Å². The van der Waals surface area contributed by atoms with Crippen LogP contribution in [0.3, 0.4) is 0 Å². The average molecular weight is 170 g/mol. The van der Waals surface area contributed by atoms with Crippen LogP contribution in [0.25, 0.3) is 0 Å². The van der Waals surface area contributed by atoms with Crippen molar-refractivity contribution in [2.75, 3.05) is 6.61 Å². The summed E-state index contributed by atoms with van der Waals surface area (Å²) in [5.41, 5.74) is 0. The Kier molecular flexibility index (Phi) is 4.08. The summed E-state index contributed by atoms with van der Waals surface area (Å²) in [7, 11) is 0. The molecule has 3 heteroatoms. The fourth-order valence-corrected chi connectivity index (χ4v) is 0.795. The van der Waals surface area contributed by atoms with Crippen molar-refractivity contribution in [1.82, 2.24) is 5.32 Å². The van der Waals surface area contributed by atoms with E-state index >= 15 is 0 Å². The molecule has 12 heavy (non-hydrogen) atoms. The van der Waals surface area contributed by atoms with Crippen molar-refractivity contribution < 1.29 is 9.53 Å². The van der Waals surface area contributed by atoms with Crippen LogP contribution in [-0.4, -0.2) is 18.6 Å². The number of esters is 1. The molecular formula is C9H16NO2. The monoisotopic (exact) mass is 170 g/mol. The summed E-state index contributed by atoms with van der Waals surface area (Å²) in [4.78, 5) is 10.9. The second-order valence-electron chi connectivity index (χ2n) is 3.11. The Labute approximate surface area is 73.5 Å². The van der Waals surface area contributed by atoms with Crippen LogP contribution < -0.4 is 5.32 Å². The molecule has 1 N–H and O–H groups in total. The molecule has 1 saturated carbocycles. The molecule has 0 aromatic rings. The fraction of sp³-hybridized carbons (Fsp3) is 0.778. The van der Waals surface area contributed by atoms with Gasteiger partial charge in [-0.05, 0) is 19.3 Å². The molecule has 3 nitrogen and oxygen atoms in total. The average Bonchev–Trinajstić information content (AvgIpc) is 2.84. The third-order valence-electron chi connectivity index (χ3n) is 1.76. The number of hydrogen-bond donors (Lipinski definition) is 1. The number of carbonyl (C=O) groups excluding carboxylic acids is 1. The van der Waals surface area contributed by atoms with E-state index in [2.05, 4.69) is 12.2 Å². The van der Waals surface area contributed by atoms with E-state index in [0.717, 1.165) is 12.8 Å². The van der Waals surface area contributed by atoms with Crippen molar-refractivity contribution in [2.45, 2.75) is 38.6 Å². The lowest BCUT2D eigenvalue weighted by atomic mass is 10.4. The van der Waals surface area contributed by atoms with Gasteiger partial charge in [-0.15, -0.1) is 0 Å². The van der Waals surface area contributed by atoms with Crippen molar-refractivity contribution in [3.63, 3.8) is 0 Å². The first-order chi connectivity index (χ1) is 5.83. The highest BCUT2D eigenvalue weighted by Crippen LogP contribution is 2.18. The third kappa shape index (κ3) is 4.34. The zero-order valence-electron chi connectivity index (χ0n) is 7.51. The van der Waals surface area contributed by atoms with Crippen LogP contribution in [-0.2, 0) is 9.53 Å². The maximum atomic E-state index is 10.9. The molecule has 69 valence electrons. The lowest BCUT2D eigenvalue weighted by Crippen LogP contribution is -2.20. The van der Waals surface area contributed by atoms with Gasteiger partial charge in [0.15, 0.2) is 0 Å². The van der Waals surface area contributed by atoms with Crippen molar-refractivity contribution in [1.29, 1.82) is 0 Å². The number of hydrogen-bond acceptors (Lipinski definition) is 3. The van der Waals surface area contributed by atoms with Crippen LogP contribution in [0.4, 0.5) is 0 Å². The van der Waals surface area contributed by atoms with E-state index in [9.17, 15) is 4.79 Å². The lowest BCUT2D eigenvalue weighted by molar-refractivity contribution is -0.140. The summed E-state index contributed by atoms with van der Waals surface area (Å²) < 4.78 is 4.90. The van der Waals surface area contributed by atoms with E-state index in [0.29, 0.717) is 12.6 Å². The van der Waals surface area contributed by atoms with E-state index in [-0.39, 0.29) is 5.97 Å². The zero-order valence-corrected chi connectivity index (χ0v) is 7.51.